The summed E-state index contributed by atoms with van der Waals surface area (Å²) in [4.78, 5) is 11.6. The first-order valence-electron chi connectivity index (χ1n) is 10.5. The van der Waals surface area contributed by atoms with Crippen LogP contribution in [0.15, 0.2) is 59.9 Å². The van der Waals surface area contributed by atoms with Gasteiger partial charge in [0, 0.05) is 65.0 Å². The van der Waals surface area contributed by atoms with Crippen molar-refractivity contribution in [2.24, 2.45) is 4.99 Å². The van der Waals surface area contributed by atoms with Crippen LogP contribution in [0.2, 0.25) is 0 Å². The van der Waals surface area contributed by atoms with Crippen LogP contribution < -0.4 is 0 Å². The van der Waals surface area contributed by atoms with Gasteiger partial charge in [-0.2, -0.15) is 0 Å². The number of nitrogens with zero attached hydrogens (tertiary/aromatic N) is 4. The normalized spacial score (nSPS) is 24.8. The van der Waals surface area contributed by atoms with Gasteiger partial charge in [-0.25, -0.2) is 0 Å². The predicted octanol–water partition coefficient (Wildman–Crippen LogP) is 3.54. The number of rotatable bonds is 6. The quantitative estimate of drug-likeness (QED) is 0.741. The van der Waals surface area contributed by atoms with Crippen molar-refractivity contribution >= 4 is 11.8 Å². The summed E-state index contributed by atoms with van der Waals surface area (Å²) in [6.45, 7) is 9.40. The molecule has 3 aliphatic rings. The number of likely N-dealkylation sites (tertiary alicyclic amines) is 1. The van der Waals surface area contributed by atoms with Crippen LogP contribution in [-0.2, 0) is 4.74 Å². The van der Waals surface area contributed by atoms with Crippen LogP contribution >= 0.6 is 0 Å². The summed E-state index contributed by atoms with van der Waals surface area (Å²) in [5.74, 6) is 0. The Morgan fingerprint density at radius 2 is 2.07 bits per heavy atom. The number of benzene rings is 1. The highest BCUT2D eigenvalue weighted by atomic mass is 16.5. The molecule has 4 rings (SSSR count). The summed E-state index contributed by atoms with van der Waals surface area (Å²) in [6, 6.07) is 8.89. The van der Waals surface area contributed by atoms with Gasteiger partial charge in [0.2, 0.25) is 0 Å². The van der Waals surface area contributed by atoms with Crippen LogP contribution in [-0.4, -0.2) is 73.9 Å². The molecule has 5 nitrogen and oxygen atoms in total. The summed E-state index contributed by atoms with van der Waals surface area (Å²) in [6.07, 6.45) is 10.9. The zero-order chi connectivity index (χ0) is 20.2. The van der Waals surface area contributed by atoms with Gasteiger partial charge in [-0.3, -0.25) is 9.89 Å². The Bertz CT molecular complexity index is 811. The van der Waals surface area contributed by atoms with E-state index in [1.807, 2.05) is 19.4 Å². The molecule has 29 heavy (non-hydrogen) atoms. The number of hydrogen-bond donors (Lipinski definition) is 0. The van der Waals surface area contributed by atoms with E-state index in [2.05, 4.69) is 69.9 Å². The molecule has 0 spiro atoms. The second kappa shape index (κ2) is 8.97. The zero-order valence-corrected chi connectivity index (χ0v) is 17.6. The molecule has 1 fully saturated rings. The molecular weight excluding hydrogens is 360 g/mol. The highest BCUT2D eigenvalue weighted by Crippen LogP contribution is 2.28. The van der Waals surface area contributed by atoms with Gasteiger partial charge in [0.1, 0.15) is 6.17 Å². The van der Waals surface area contributed by atoms with Crippen LogP contribution in [0.4, 0.5) is 0 Å². The average Bonchev–Trinajstić information content (AvgIpc) is 3.22. The largest absolute Gasteiger partial charge is 0.380 e. The topological polar surface area (TPSA) is 31.3 Å². The lowest BCUT2D eigenvalue weighted by Crippen LogP contribution is -2.34. The maximum Gasteiger partial charge on any atom is 0.146 e. The first kappa shape index (κ1) is 19.9. The standard InChI is InChI=1S/C24H32N4O/c1-19(17-27-14-11-23(18-27)29-3)28-15-9-21(10-16-28)20-5-7-22(8-6-20)24-25-12-4-13-26(24)2/h4-9,12-13,23-24H,1,10-11,14-18H2,2-3H3. The Morgan fingerprint density at radius 3 is 2.72 bits per heavy atom. The molecule has 0 saturated carbocycles. The van der Waals surface area contributed by atoms with E-state index in [0.29, 0.717) is 6.10 Å². The van der Waals surface area contributed by atoms with Gasteiger partial charge in [0.15, 0.2) is 0 Å². The van der Waals surface area contributed by atoms with Crippen molar-refractivity contribution in [3.8, 4) is 0 Å². The molecule has 1 aromatic rings. The summed E-state index contributed by atoms with van der Waals surface area (Å²) < 4.78 is 5.48. The molecule has 0 amide bonds. The van der Waals surface area contributed by atoms with E-state index in [1.54, 1.807) is 0 Å². The van der Waals surface area contributed by atoms with E-state index >= 15 is 0 Å². The highest BCUT2D eigenvalue weighted by Gasteiger charge is 2.24. The van der Waals surface area contributed by atoms with Crippen LogP contribution in [0.5, 0.6) is 0 Å². The third-order valence-corrected chi connectivity index (χ3v) is 6.22. The minimum absolute atomic E-state index is 0.0801. The van der Waals surface area contributed by atoms with E-state index < -0.39 is 0 Å². The fourth-order valence-electron chi connectivity index (χ4n) is 4.39. The number of allylic oxidation sites excluding steroid dienone is 1. The number of hydrogen-bond acceptors (Lipinski definition) is 5. The van der Waals surface area contributed by atoms with Crippen LogP contribution in [0.1, 0.15) is 30.1 Å². The van der Waals surface area contributed by atoms with Crippen molar-refractivity contribution in [3.63, 3.8) is 0 Å². The fraction of sp³-hybridized carbons (Fsp3) is 0.458. The lowest BCUT2D eigenvalue weighted by atomic mass is 9.97. The minimum Gasteiger partial charge on any atom is -0.380 e. The van der Waals surface area contributed by atoms with Gasteiger partial charge in [0.05, 0.1) is 6.10 Å². The molecule has 3 aliphatic heterocycles. The van der Waals surface area contributed by atoms with Crippen molar-refractivity contribution in [1.29, 1.82) is 0 Å². The van der Waals surface area contributed by atoms with Crippen LogP contribution in [0.25, 0.3) is 5.57 Å². The van der Waals surface area contributed by atoms with Crippen LogP contribution in [0.3, 0.4) is 0 Å². The Hall–Kier alpha value is -2.37. The molecule has 0 N–H and O–H groups in total. The van der Waals surface area contributed by atoms with Gasteiger partial charge in [-0.05, 0) is 35.6 Å². The van der Waals surface area contributed by atoms with Crippen molar-refractivity contribution < 1.29 is 4.74 Å². The van der Waals surface area contributed by atoms with Gasteiger partial charge < -0.3 is 14.5 Å². The zero-order valence-electron chi connectivity index (χ0n) is 17.6. The summed E-state index contributed by atoms with van der Waals surface area (Å²) in [7, 11) is 3.87. The first-order chi connectivity index (χ1) is 14.1. The molecule has 2 atom stereocenters. The molecule has 1 saturated heterocycles. The molecular formula is C24H32N4O. The highest BCUT2D eigenvalue weighted by molar-refractivity contribution is 5.72. The summed E-state index contributed by atoms with van der Waals surface area (Å²) in [5.41, 5.74) is 5.20. The number of aliphatic imine (C=N–C) groups is 1. The van der Waals surface area contributed by atoms with Crippen molar-refractivity contribution in [1.82, 2.24) is 14.7 Å². The Balaban J connectivity index is 1.33. The van der Waals surface area contributed by atoms with Crippen LogP contribution in [0, 0.1) is 0 Å². The first-order valence-corrected chi connectivity index (χ1v) is 10.5. The second-order valence-electron chi connectivity index (χ2n) is 8.17. The molecule has 154 valence electrons. The number of ether oxygens (including phenoxy) is 1. The van der Waals surface area contributed by atoms with Gasteiger partial charge in [-0.1, -0.05) is 36.9 Å². The van der Waals surface area contributed by atoms with Crippen molar-refractivity contribution in [3.05, 3.63) is 66.0 Å². The Morgan fingerprint density at radius 1 is 1.24 bits per heavy atom. The summed E-state index contributed by atoms with van der Waals surface area (Å²) in [5, 5.41) is 0. The van der Waals surface area contributed by atoms with Crippen molar-refractivity contribution in [2.75, 3.05) is 46.9 Å². The molecule has 0 bridgehead atoms. The minimum atomic E-state index is 0.0801. The molecule has 0 radical (unpaired) electrons. The van der Waals surface area contributed by atoms with E-state index in [-0.39, 0.29) is 6.17 Å². The van der Waals surface area contributed by atoms with E-state index in [9.17, 15) is 0 Å². The lowest BCUT2D eigenvalue weighted by Gasteiger charge is -2.32. The maximum absolute atomic E-state index is 5.48. The fourth-order valence-corrected chi connectivity index (χ4v) is 4.39. The molecule has 2 unspecified atom stereocenters. The van der Waals surface area contributed by atoms with E-state index in [1.165, 1.54) is 22.4 Å². The second-order valence-corrected chi connectivity index (χ2v) is 8.17. The maximum atomic E-state index is 5.48. The molecule has 0 aliphatic carbocycles. The predicted molar refractivity (Wildman–Crippen MR) is 120 cm³/mol. The molecule has 1 aromatic carbocycles. The lowest BCUT2D eigenvalue weighted by molar-refractivity contribution is 0.108. The van der Waals surface area contributed by atoms with Gasteiger partial charge >= 0.3 is 0 Å². The smallest absolute Gasteiger partial charge is 0.146 e. The molecule has 5 heteroatoms. The summed E-state index contributed by atoms with van der Waals surface area (Å²) >= 11 is 0. The Labute approximate surface area is 174 Å². The molecule has 0 aromatic heterocycles. The third kappa shape index (κ3) is 4.62. The van der Waals surface area contributed by atoms with E-state index in [0.717, 1.165) is 45.6 Å². The monoisotopic (exact) mass is 392 g/mol. The molecule has 3 heterocycles. The Kier molecular flexibility index (Phi) is 6.16. The average molecular weight is 393 g/mol. The third-order valence-electron chi connectivity index (χ3n) is 6.22. The number of methoxy groups -OCH3 is 1. The van der Waals surface area contributed by atoms with Crippen molar-refractivity contribution in [2.45, 2.75) is 25.1 Å². The van der Waals surface area contributed by atoms with Gasteiger partial charge in [0.25, 0.3) is 0 Å². The SMILES string of the molecule is C=C(CN1CCC(OC)C1)N1CC=C(c2ccc(C3N=CC=CN3C)cc2)CC1. The van der Waals surface area contributed by atoms with Gasteiger partial charge in [-0.15, -0.1) is 0 Å². The van der Waals surface area contributed by atoms with E-state index in [4.69, 9.17) is 4.74 Å².